The molecule has 1 aromatic rings. The summed E-state index contributed by atoms with van der Waals surface area (Å²) in [5.41, 5.74) is 1.11. The van der Waals surface area contributed by atoms with Gasteiger partial charge in [0.15, 0.2) is 0 Å². The molecule has 22 heavy (non-hydrogen) atoms. The molecule has 1 aliphatic heterocycles. The molecule has 1 saturated heterocycles. The van der Waals surface area contributed by atoms with Crippen molar-refractivity contribution in [3.63, 3.8) is 0 Å². The molecule has 0 bridgehead atoms. The molecule has 0 aliphatic carbocycles. The molecule has 2 rings (SSSR count). The Hall–Kier alpha value is -2.02. The minimum absolute atomic E-state index is 0.0523. The lowest BCUT2D eigenvalue weighted by atomic mass is 10.1. The molecule has 120 valence electrons. The van der Waals surface area contributed by atoms with Crippen LogP contribution in [0.4, 0.5) is 0 Å². The van der Waals surface area contributed by atoms with E-state index in [1.807, 2.05) is 14.0 Å². The molecular weight excluding hydrogens is 282 g/mol. The summed E-state index contributed by atoms with van der Waals surface area (Å²) in [6.07, 6.45) is 5.50. The monoisotopic (exact) mass is 305 g/mol. The number of nitrogens with one attached hydrogen (secondary N) is 2. The predicted octanol–water partition coefficient (Wildman–Crippen LogP) is 0.114. The maximum atomic E-state index is 12.0. The Morgan fingerprint density at radius 2 is 2.00 bits per heavy atom. The quantitative estimate of drug-likeness (QED) is 0.806. The smallest absolute Gasteiger partial charge is 0.271 e. The summed E-state index contributed by atoms with van der Waals surface area (Å²) >= 11 is 0. The highest BCUT2D eigenvalue weighted by Crippen LogP contribution is 2.24. The lowest BCUT2D eigenvalue weighted by molar-refractivity contribution is -0.121. The van der Waals surface area contributed by atoms with Gasteiger partial charge in [0.1, 0.15) is 5.69 Å². The first-order chi connectivity index (χ1) is 10.5. The average molecular weight is 305 g/mol. The lowest BCUT2D eigenvalue weighted by Crippen LogP contribution is -2.42. The molecule has 0 unspecified atom stereocenters. The van der Waals surface area contributed by atoms with Crippen LogP contribution in [-0.2, 0) is 4.79 Å². The molecule has 7 heteroatoms. The van der Waals surface area contributed by atoms with Gasteiger partial charge in [0, 0.05) is 38.3 Å². The van der Waals surface area contributed by atoms with Gasteiger partial charge in [-0.3, -0.25) is 19.5 Å². The van der Waals surface area contributed by atoms with Gasteiger partial charge in [-0.25, -0.2) is 4.98 Å². The summed E-state index contributed by atoms with van der Waals surface area (Å²) in [6.45, 7) is 2.38. The summed E-state index contributed by atoms with van der Waals surface area (Å²) < 4.78 is 0. The van der Waals surface area contributed by atoms with Gasteiger partial charge in [-0.15, -0.1) is 0 Å². The fourth-order valence-corrected chi connectivity index (χ4v) is 2.71. The van der Waals surface area contributed by atoms with E-state index in [4.69, 9.17) is 0 Å². The number of amides is 2. The van der Waals surface area contributed by atoms with Crippen molar-refractivity contribution in [3.05, 3.63) is 23.8 Å². The Morgan fingerprint density at radius 3 is 2.64 bits per heavy atom. The first-order valence-corrected chi connectivity index (χ1v) is 7.50. The van der Waals surface area contributed by atoms with Crippen LogP contribution in [0.1, 0.15) is 35.4 Å². The third-order valence-corrected chi connectivity index (χ3v) is 4.20. The number of rotatable bonds is 5. The maximum Gasteiger partial charge on any atom is 0.271 e. The van der Waals surface area contributed by atoms with Crippen molar-refractivity contribution in [2.24, 2.45) is 0 Å². The molecule has 0 saturated carbocycles. The second-order valence-corrected chi connectivity index (χ2v) is 5.68. The van der Waals surface area contributed by atoms with Crippen LogP contribution in [-0.4, -0.2) is 59.4 Å². The Labute approximate surface area is 130 Å². The first kappa shape index (κ1) is 16.4. The number of hydrogen-bond donors (Lipinski definition) is 2. The van der Waals surface area contributed by atoms with Crippen LogP contribution in [0.3, 0.4) is 0 Å². The van der Waals surface area contributed by atoms with Gasteiger partial charge in [0.05, 0.1) is 11.9 Å². The molecule has 2 amide bonds. The molecule has 1 fully saturated rings. The summed E-state index contributed by atoms with van der Waals surface area (Å²) in [7, 11) is 3.65. The van der Waals surface area contributed by atoms with Crippen LogP contribution in [0.15, 0.2) is 12.4 Å². The van der Waals surface area contributed by atoms with Gasteiger partial charge in [-0.05, 0) is 26.8 Å². The zero-order valence-electron chi connectivity index (χ0n) is 13.3. The minimum atomic E-state index is -0.212. The summed E-state index contributed by atoms with van der Waals surface area (Å²) in [6, 6.07) is 0.484. The number of carbonyl (C=O) groups excluding carboxylic acids is 2. The highest BCUT2D eigenvalue weighted by atomic mass is 16.2. The Bertz CT molecular complexity index is 531. The lowest BCUT2D eigenvalue weighted by Gasteiger charge is -2.25. The van der Waals surface area contributed by atoms with E-state index >= 15 is 0 Å². The molecule has 0 aromatic carbocycles. The SMILES string of the molecule is CNC(=O)C[C@H]1CC[C@@H](CNC(=O)c2cnc(C)cn2)N1C. The van der Waals surface area contributed by atoms with Gasteiger partial charge in [-0.1, -0.05) is 0 Å². The minimum Gasteiger partial charge on any atom is -0.359 e. The van der Waals surface area contributed by atoms with Gasteiger partial charge in [0.2, 0.25) is 5.91 Å². The van der Waals surface area contributed by atoms with Crippen molar-refractivity contribution in [3.8, 4) is 0 Å². The summed E-state index contributed by atoms with van der Waals surface area (Å²) in [5.74, 6) is -0.160. The zero-order valence-corrected chi connectivity index (χ0v) is 13.3. The molecule has 2 N–H and O–H groups in total. The number of hydrogen-bond acceptors (Lipinski definition) is 5. The molecule has 2 atom stereocenters. The molecule has 0 radical (unpaired) electrons. The predicted molar refractivity (Wildman–Crippen MR) is 82.4 cm³/mol. The van der Waals surface area contributed by atoms with E-state index in [0.29, 0.717) is 18.7 Å². The van der Waals surface area contributed by atoms with E-state index in [1.54, 1.807) is 13.2 Å². The average Bonchev–Trinajstić information content (AvgIpc) is 2.86. The summed E-state index contributed by atoms with van der Waals surface area (Å²) in [5, 5.41) is 5.55. The van der Waals surface area contributed by atoms with Crippen molar-refractivity contribution in [2.45, 2.75) is 38.3 Å². The van der Waals surface area contributed by atoms with Crippen LogP contribution >= 0.6 is 0 Å². The van der Waals surface area contributed by atoms with Crippen LogP contribution in [0, 0.1) is 6.92 Å². The van der Waals surface area contributed by atoms with Crippen LogP contribution in [0.2, 0.25) is 0 Å². The van der Waals surface area contributed by atoms with Crippen molar-refractivity contribution in [2.75, 3.05) is 20.6 Å². The van der Waals surface area contributed by atoms with Crippen LogP contribution in [0.5, 0.6) is 0 Å². The standard InChI is InChI=1S/C15H23N5O2/c1-10-7-18-13(9-17-10)15(22)19-8-12-5-4-11(20(12)3)6-14(21)16-2/h7,9,11-12H,4-6,8H2,1-3H3,(H,16,21)(H,19,22)/t11-,12+/m1/s1. The maximum absolute atomic E-state index is 12.0. The molecule has 1 aliphatic rings. The zero-order chi connectivity index (χ0) is 16.1. The van der Waals surface area contributed by atoms with Crippen LogP contribution in [0.25, 0.3) is 0 Å². The normalized spacial score (nSPS) is 21.6. The first-order valence-electron chi connectivity index (χ1n) is 7.50. The Morgan fingerprint density at radius 1 is 1.27 bits per heavy atom. The van der Waals surface area contributed by atoms with E-state index in [1.165, 1.54) is 6.20 Å². The van der Waals surface area contributed by atoms with E-state index < -0.39 is 0 Å². The van der Waals surface area contributed by atoms with Crippen LogP contribution < -0.4 is 10.6 Å². The van der Waals surface area contributed by atoms with Gasteiger partial charge < -0.3 is 10.6 Å². The number of carbonyl (C=O) groups is 2. The Kier molecular flexibility index (Phi) is 5.43. The van der Waals surface area contributed by atoms with Gasteiger partial charge in [0.25, 0.3) is 5.91 Å². The van der Waals surface area contributed by atoms with E-state index in [9.17, 15) is 9.59 Å². The largest absolute Gasteiger partial charge is 0.359 e. The van der Waals surface area contributed by atoms with Crippen molar-refractivity contribution < 1.29 is 9.59 Å². The van der Waals surface area contributed by atoms with E-state index in [0.717, 1.165) is 18.5 Å². The number of aryl methyl sites for hydroxylation is 1. The second-order valence-electron chi connectivity index (χ2n) is 5.68. The highest BCUT2D eigenvalue weighted by molar-refractivity contribution is 5.91. The number of aromatic nitrogens is 2. The van der Waals surface area contributed by atoms with Crippen molar-refractivity contribution in [1.29, 1.82) is 0 Å². The second kappa shape index (κ2) is 7.31. The molecule has 2 heterocycles. The third-order valence-electron chi connectivity index (χ3n) is 4.20. The van der Waals surface area contributed by atoms with Gasteiger partial charge >= 0.3 is 0 Å². The van der Waals surface area contributed by atoms with Crippen molar-refractivity contribution >= 4 is 11.8 Å². The van der Waals surface area contributed by atoms with E-state index in [2.05, 4.69) is 25.5 Å². The molecule has 0 spiro atoms. The number of likely N-dealkylation sites (tertiary alicyclic amines) is 1. The number of nitrogens with zero attached hydrogens (tertiary/aromatic N) is 3. The topological polar surface area (TPSA) is 87.2 Å². The third kappa shape index (κ3) is 4.00. The van der Waals surface area contributed by atoms with Crippen molar-refractivity contribution in [1.82, 2.24) is 25.5 Å². The Balaban J connectivity index is 1.83. The van der Waals surface area contributed by atoms with E-state index in [-0.39, 0.29) is 23.9 Å². The van der Waals surface area contributed by atoms with Gasteiger partial charge in [-0.2, -0.15) is 0 Å². The number of likely N-dealkylation sites (N-methyl/N-ethyl adjacent to an activating group) is 1. The molecule has 7 nitrogen and oxygen atoms in total. The molecular formula is C15H23N5O2. The fourth-order valence-electron chi connectivity index (χ4n) is 2.71. The highest BCUT2D eigenvalue weighted by Gasteiger charge is 2.31. The fraction of sp³-hybridized carbons (Fsp3) is 0.600. The summed E-state index contributed by atoms with van der Waals surface area (Å²) in [4.78, 5) is 33.8. The molecule has 1 aromatic heterocycles.